The molecule has 0 amide bonds. The number of anilines is 2. The molecule has 2 heterocycles. The smallest absolute Gasteiger partial charge is 0.278 e. The lowest BCUT2D eigenvalue weighted by Gasteiger charge is -2.32. The predicted molar refractivity (Wildman–Crippen MR) is 171 cm³/mol. The van der Waals surface area contributed by atoms with Crippen LogP contribution in [0, 0.1) is 5.82 Å². The van der Waals surface area contributed by atoms with Crippen molar-refractivity contribution >= 4 is 32.8 Å². The molecular weight excluding hydrogens is 581 g/mol. The topological polar surface area (TPSA) is 122 Å². The van der Waals surface area contributed by atoms with Crippen LogP contribution in [0.3, 0.4) is 0 Å². The van der Waals surface area contributed by atoms with Gasteiger partial charge in [0.15, 0.2) is 5.65 Å². The molecule has 0 aliphatic heterocycles. The molecule has 0 bridgehead atoms. The van der Waals surface area contributed by atoms with Crippen molar-refractivity contribution in [2.45, 2.75) is 75.2 Å². The van der Waals surface area contributed by atoms with Gasteiger partial charge in [-0.2, -0.15) is 4.98 Å². The maximum atomic E-state index is 15.3. The van der Waals surface area contributed by atoms with Gasteiger partial charge in [-0.15, -0.1) is 0 Å². The van der Waals surface area contributed by atoms with Gasteiger partial charge in [-0.25, -0.2) is 22.8 Å². The minimum atomic E-state index is -3.81. The summed E-state index contributed by atoms with van der Waals surface area (Å²) in [6.07, 6.45) is 6.24. The van der Waals surface area contributed by atoms with Crippen molar-refractivity contribution < 1.29 is 12.8 Å². The Morgan fingerprint density at radius 1 is 1.02 bits per heavy atom. The average Bonchev–Trinajstić information content (AvgIpc) is 3.81. The maximum absolute atomic E-state index is 15.3. The zero-order valence-corrected chi connectivity index (χ0v) is 26.2. The molecule has 6 rings (SSSR count). The van der Waals surface area contributed by atoms with Gasteiger partial charge >= 0.3 is 0 Å². The molecule has 0 spiro atoms. The molecule has 2 aromatic carbocycles. The number of benzene rings is 2. The summed E-state index contributed by atoms with van der Waals surface area (Å²) in [5.74, 6) is -0.467. The van der Waals surface area contributed by atoms with Crippen molar-refractivity contribution in [1.82, 2.24) is 24.4 Å². The molecule has 2 saturated carbocycles. The van der Waals surface area contributed by atoms with Crippen molar-refractivity contribution in [3.8, 4) is 11.3 Å². The number of rotatable bonds is 9. The number of nitrogens with one attached hydrogen (secondary N) is 2. The molecule has 0 saturated heterocycles. The number of aromatic nitrogens is 4. The Bertz CT molecular complexity index is 1840. The standard InChI is InChI=1S/C32H38FN7O3S/c1-19(2)40-30-27(18-34-32(37-30)35-22-11-13-23(14-12-22)39(3)4)36-29(31(40)41)21-10-15-26(25(33)16-21)38-44(42,43)28-17-24(28)20-8-6-5-7-9-20/h5-10,15-16,18-19,22-24,28,38H,11-14,17H2,1-4H3,(H,34,35,37)/t22-,23-,24-,28+/m0/s1. The van der Waals surface area contributed by atoms with E-state index < -0.39 is 26.6 Å². The van der Waals surface area contributed by atoms with Crippen LogP contribution in [0.2, 0.25) is 0 Å². The van der Waals surface area contributed by atoms with Crippen molar-refractivity contribution in [3.05, 3.63) is 76.5 Å². The van der Waals surface area contributed by atoms with Crippen LogP contribution < -0.4 is 15.6 Å². The average molecular weight is 620 g/mol. The second kappa shape index (κ2) is 11.9. The summed E-state index contributed by atoms with van der Waals surface area (Å²) >= 11 is 0. The Labute approximate surface area is 256 Å². The molecule has 2 fully saturated rings. The lowest BCUT2D eigenvalue weighted by atomic mass is 9.91. The third-order valence-corrected chi connectivity index (χ3v) is 10.6. The minimum Gasteiger partial charge on any atom is -0.351 e. The number of hydrogen-bond donors (Lipinski definition) is 2. The molecule has 2 aliphatic carbocycles. The van der Waals surface area contributed by atoms with Gasteiger partial charge in [0.2, 0.25) is 16.0 Å². The predicted octanol–water partition coefficient (Wildman–Crippen LogP) is 5.16. The molecule has 10 nitrogen and oxygen atoms in total. The van der Waals surface area contributed by atoms with Gasteiger partial charge < -0.3 is 10.2 Å². The van der Waals surface area contributed by atoms with Crippen LogP contribution >= 0.6 is 0 Å². The van der Waals surface area contributed by atoms with E-state index in [0.717, 1.165) is 37.3 Å². The lowest BCUT2D eigenvalue weighted by molar-refractivity contribution is 0.221. The Morgan fingerprint density at radius 2 is 1.75 bits per heavy atom. The number of halogens is 1. The Balaban J connectivity index is 1.24. The highest BCUT2D eigenvalue weighted by atomic mass is 32.2. The van der Waals surface area contributed by atoms with Crippen molar-refractivity contribution in [1.29, 1.82) is 0 Å². The van der Waals surface area contributed by atoms with Crippen molar-refractivity contribution in [3.63, 3.8) is 0 Å². The zero-order chi connectivity index (χ0) is 31.2. The number of fused-ring (bicyclic) bond motifs is 1. The van der Waals surface area contributed by atoms with Gasteiger partial charge in [-0.05, 0) is 77.7 Å². The first-order valence-corrected chi connectivity index (χ1v) is 16.6. The van der Waals surface area contributed by atoms with E-state index in [9.17, 15) is 13.2 Å². The first-order valence-electron chi connectivity index (χ1n) is 15.1. The SMILES string of the molecule is CC(C)n1c(=O)c(-c2ccc(NS(=O)(=O)[C@@H]3C[C@H]3c3ccccc3)c(F)c2)nc2cnc(N[C@H]3CC[C@H](N(C)C)CC3)nc21. The molecule has 4 aromatic rings. The molecule has 0 radical (unpaired) electrons. The number of nitrogens with zero attached hydrogens (tertiary/aromatic N) is 5. The third-order valence-electron chi connectivity index (χ3n) is 8.76. The zero-order valence-electron chi connectivity index (χ0n) is 25.4. The number of sulfonamides is 1. The quantitative estimate of drug-likeness (QED) is 0.264. The summed E-state index contributed by atoms with van der Waals surface area (Å²) < 4.78 is 45.3. The van der Waals surface area contributed by atoms with Gasteiger partial charge in [0, 0.05) is 29.6 Å². The van der Waals surface area contributed by atoms with Crippen LogP contribution in [0.15, 0.2) is 59.5 Å². The Kier molecular flexibility index (Phi) is 8.14. The summed E-state index contributed by atoms with van der Waals surface area (Å²) in [4.78, 5) is 29.7. The highest BCUT2D eigenvalue weighted by Gasteiger charge is 2.48. The molecule has 2 aromatic heterocycles. The molecule has 232 valence electrons. The van der Waals surface area contributed by atoms with Crippen LogP contribution in [-0.4, -0.2) is 64.3 Å². The molecular formula is C32H38FN7O3S. The van der Waals surface area contributed by atoms with E-state index >= 15 is 4.39 Å². The van der Waals surface area contributed by atoms with Crippen LogP contribution in [0.1, 0.15) is 63.5 Å². The summed E-state index contributed by atoms with van der Waals surface area (Å²) in [5.41, 5.74) is 1.44. The van der Waals surface area contributed by atoms with E-state index in [1.165, 1.54) is 12.1 Å². The van der Waals surface area contributed by atoms with E-state index in [1.54, 1.807) is 10.8 Å². The minimum absolute atomic E-state index is 0.0390. The molecule has 12 heteroatoms. The normalized spacial score (nSPS) is 22.0. The summed E-state index contributed by atoms with van der Waals surface area (Å²) in [7, 11) is 0.407. The Morgan fingerprint density at radius 3 is 2.41 bits per heavy atom. The van der Waals surface area contributed by atoms with E-state index in [-0.39, 0.29) is 34.9 Å². The van der Waals surface area contributed by atoms with E-state index in [1.807, 2.05) is 44.2 Å². The molecule has 2 N–H and O–H groups in total. The summed E-state index contributed by atoms with van der Waals surface area (Å²) in [6.45, 7) is 3.75. The van der Waals surface area contributed by atoms with E-state index in [0.29, 0.717) is 29.6 Å². The second-order valence-electron chi connectivity index (χ2n) is 12.4. The molecule has 2 atom stereocenters. The van der Waals surface area contributed by atoms with Crippen LogP contribution in [0.25, 0.3) is 22.4 Å². The first-order chi connectivity index (χ1) is 21.0. The van der Waals surface area contributed by atoms with E-state index in [2.05, 4.69) is 44.0 Å². The third kappa shape index (κ3) is 6.05. The van der Waals surface area contributed by atoms with Gasteiger partial charge in [-0.1, -0.05) is 36.4 Å². The Hall–Kier alpha value is -3.90. The second-order valence-corrected chi connectivity index (χ2v) is 14.3. The van der Waals surface area contributed by atoms with Crippen LogP contribution in [0.5, 0.6) is 0 Å². The molecule has 44 heavy (non-hydrogen) atoms. The largest absolute Gasteiger partial charge is 0.351 e. The fourth-order valence-electron chi connectivity index (χ4n) is 6.20. The molecule has 0 unspecified atom stereocenters. The van der Waals surface area contributed by atoms with Crippen molar-refractivity contribution in [2.75, 3.05) is 24.1 Å². The lowest BCUT2D eigenvalue weighted by Crippen LogP contribution is -2.36. The first kappa shape index (κ1) is 30.1. The van der Waals surface area contributed by atoms with Gasteiger partial charge in [-0.3, -0.25) is 14.1 Å². The monoisotopic (exact) mass is 619 g/mol. The fraction of sp³-hybridized carbons (Fsp3) is 0.438. The molecule has 2 aliphatic rings. The highest BCUT2D eigenvalue weighted by molar-refractivity contribution is 7.93. The van der Waals surface area contributed by atoms with E-state index in [4.69, 9.17) is 0 Å². The van der Waals surface area contributed by atoms with Gasteiger partial charge in [0.1, 0.15) is 17.0 Å². The maximum Gasteiger partial charge on any atom is 0.278 e. The highest BCUT2D eigenvalue weighted by Crippen LogP contribution is 2.46. The van der Waals surface area contributed by atoms with Gasteiger partial charge in [0.25, 0.3) is 5.56 Å². The summed E-state index contributed by atoms with van der Waals surface area (Å²) in [5, 5.41) is 2.80. The number of hydrogen-bond acceptors (Lipinski definition) is 8. The summed E-state index contributed by atoms with van der Waals surface area (Å²) in [6, 6.07) is 14.0. The fourth-order valence-corrected chi connectivity index (χ4v) is 7.87. The van der Waals surface area contributed by atoms with Crippen LogP contribution in [-0.2, 0) is 10.0 Å². The van der Waals surface area contributed by atoms with Gasteiger partial charge in [0.05, 0.1) is 17.1 Å². The van der Waals surface area contributed by atoms with Crippen LogP contribution in [0.4, 0.5) is 16.0 Å². The van der Waals surface area contributed by atoms with Crippen molar-refractivity contribution in [2.24, 2.45) is 0 Å².